The molecule has 2 unspecified atom stereocenters. The van der Waals surface area contributed by atoms with Crippen molar-refractivity contribution in [2.24, 2.45) is 10.9 Å². The molecule has 0 spiro atoms. The maximum atomic E-state index is 10.5. The normalized spacial score (nSPS) is 18.6. The predicted molar refractivity (Wildman–Crippen MR) is 106 cm³/mol. The molecule has 0 aliphatic carbocycles. The molecule has 152 valence electrons. The van der Waals surface area contributed by atoms with E-state index in [9.17, 15) is 5.11 Å². The standard InChI is InChI=1S/C20H33N3O4/c1-4-21-20(23-9-8-16(14-23)15-27-11-10-25-2)22-13-19(24)17-6-5-7-18(12-17)26-3/h5-7,12,16,19,24H,4,8-11,13-15H2,1-3H3,(H,21,22). The van der Waals surface area contributed by atoms with Crippen LogP contribution in [0.15, 0.2) is 29.3 Å². The second-order valence-electron chi connectivity index (χ2n) is 6.66. The van der Waals surface area contributed by atoms with Gasteiger partial charge in [-0.05, 0) is 31.0 Å². The predicted octanol–water partition coefficient (Wildman–Crippen LogP) is 1.68. The Morgan fingerprint density at radius 1 is 1.37 bits per heavy atom. The van der Waals surface area contributed by atoms with Crippen LogP contribution >= 0.6 is 0 Å². The van der Waals surface area contributed by atoms with Gasteiger partial charge in [-0.3, -0.25) is 4.99 Å². The number of benzene rings is 1. The summed E-state index contributed by atoms with van der Waals surface area (Å²) in [6, 6.07) is 7.47. The lowest BCUT2D eigenvalue weighted by Gasteiger charge is -2.22. The van der Waals surface area contributed by atoms with Gasteiger partial charge >= 0.3 is 0 Å². The maximum absolute atomic E-state index is 10.5. The Hall–Kier alpha value is -1.83. The smallest absolute Gasteiger partial charge is 0.194 e. The lowest BCUT2D eigenvalue weighted by molar-refractivity contribution is 0.0536. The number of aliphatic hydroxyl groups is 1. The summed E-state index contributed by atoms with van der Waals surface area (Å²) in [5.41, 5.74) is 0.805. The van der Waals surface area contributed by atoms with E-state index in [2.05, 4.69) is 22.1 Å². The summed E-state index contributed by atoms with van der Waals surface area (Å²) in [5.74, 6) is 2.08. The fourth-order valence-corrected chi connectivity index (χ4v) is 3.11. The van der Waals surface area contributed by atoms with Crippen molar-refractivity contribution in [3.63, 3.8) is 0 Å². The number of likely N-dealkylation sites (tertiary alicyclic amines) is 1. The van der Waals surface area contributed by atoms with Crippen molar-refractivity contribution in [1.82, 2.24) is 10.2 Å². The topological polar surface area (TPSA) is 75.6 Å². The Morgan fingerprint density at radius 3 is 2.96 bits per heavy atom. The van der Waals surface area contributed by atoms with Gasteiger partial charge in [-0.2, -0.15) is 0 Å². The molecule has 1 fully saturated rings. The van der Waals surface area contributed by atoms with E-state index in [-0.39, 0.29) is 0 Å². The molecular weight excluding hydrogens is 346 g/mol. The van der Waals surface area contributed by atoms with Crippen LogP contribution in [0.5, 0.6) is 5.75 Å². The minimum absolute atomic E-state index is 0.307. The zero-order chi connectivity index (χ0) is 19.5. The highest BCUT2D eigenvalue weighted by atomic mass is 16.5. The third-order valence-electron chi connectivity index (χ3n) is 4.60. The molecule has 1 aromatic rings. The molecule has 7 heteroatoms. The van der Waals surface area contributed by atoms with Gasteiger partial charge in [0.25, 0.3) is 0 Å². The molecule has 0 aromatic heterocycles. The summed E-state index contributed by atoms with van der Waals surface area (Å²) in [5, 5.41) is 13.8. The molecule has 2 rings (SSSR count). The molecule has 27 heavy (non-hydrogen) atoms. The van der Waals surface area contributed by atoms with Gasteiger partial charge in [0.1, 0.15) is 5.75 Å². The second kappa shape index (κ2) is 11.8. The molecule has 1 aliphatic heterocycles. The van der Waals surface area contributed by atoms with Gasteiger partial charge in [-0.25, -0.2) is 0 Å². The molecule has 0 bridgehead atoms. The third-order valence-corrected chi connectivity index (χ3v) is 4.60. The first-order chi connectivity index (χ1) is 13.2. The van der Waals surface area contributed by atoms with Crippen LogP contribution in [-0.2, 0) is 9.47 Å². The van der Waals surface area contributed by atoms with Crippen LogP contribution in [-0.4, -0.2) is 76.2 Å². The van der Waals surface area contributed by atoms with Crippen LogP contribution in [0.25, 0.3) is 0 Å². The van der Waals surface area contributed by atoms with Gasteiger partial charge in [0.2, 0.25) is 0 Å². The van der Waals surface area contributed by atoms with Crippen molar-refractivity contribution in [3.05, 3.63) is 29.8 Å². The molecule has 0 radical (unpaired) electrons. The van der Waals surface area contributed by atoms with E-state index in [1.807, 2.05) is 24.3 Å². The van der Waals surface area contributed by atoms with E-state index in [1.165, 1.54) is 0 Å². The number of aliphatic hydroxyl groups excluding tert-OH is 1. The monoisotopic (exact) mass is 379 g/mol. The molecule has 2 N–H and O–H groups in total. The van der Waals surface area contributed by atoms with E-state index in [4.69, 9.17) is 14.2 Å². The van der Waals surface area contributed by atoms with Crippen LogP contribution in [0.4, 0.5) is 0 Å². The summed E-state index contributed by atoms with van der Waals surface area (Å²) in [7, 11) is 3.30. The van der Waals surface area contributed by atoms with Crippen molar-refractivity contribution >= 4 is 5.96 Å². The summed E-state index contributed by atoms with van der Waals surface area (Å²) in [6.07, 6.45) is 0.417. The van der Waals surface area contributed by atoms with E-state index in [0.29, 0.717) is 25.7 Å². The molecule has 1 aliphatic rings. The number of ether oxygens (including phenoxy) is 3. The van der Waals surface area contributed by atoms with Crippen LogP contribution in [0.3, 0.4) is 0 Å². The zero-order valence-electron chi connectivity index (χ0n) is 16.7. The molecule has 7 nitrogen and oxygen atoms in total. The summed E-state index contributed by atoms with van der Waals surface area (Å²) >= 11 is 0. The number of nitrogens with zero attached hydrogens (tertiary/aromatic N) is 2. The van der Waals surface area contributed by atoms with Gasteiger partial charge in [-0.1, -0.05) is 12.1 Å². The largest absolute Gasteiger partial charge is 0.497 e. The van der Waals surface area contributed by atoms with E-state index in [0.717, 1.165) is 49.9 Å². The molecule has 1 saturated heterocycles. The van der Waals surface area contributed by atoms with Gasteiger partial charge in [-0.15, -0.1) is 0 Å². The number of aliphatic imine (C=N–C) groups is 1. The van der Waals surface area contributed by atoms with Crippen LogP contribution in [0, 0.1) is 5.92 Å². The van der Waals surface area contributed by atoms with Gasteiger partial charge in [0.15, 0.2) is 5.96 Å². The third kappa shape index (κ3) is 7.01. The Morgan fingerprint density at radius 2 is 2.22 bits per heavy atom. The average molecular weight is 380 g/mol. The highest BCUT2D eigenvalue weighted by Crippen LogP contribution is 2.20. The Kier molecular flexibility index (Phi) is 9.38. The number of hydrogen-bond acceptors (Lipinski definition) is 5. The summed E-state index contributed by atoms with van der Waals surface area (Å²) in [4.78, 5) is 6.89. The highest BCUT2D eigenvalue weighted by Gasteiger charge is 2.25. The fraction of sp³-hybridized carbons (Fsp3) is 0.650. The molecule has 0 amide bonds. The Labute approximate surface area is 162 Å². The van der Waals surface area contributed by atoms with Crippen molar-refractivity contribution < 1.29 is 19.3 Å². The lowest BCUT2D eigenvalue weighted by atomic mass is 10.1. The van der Waals surface area contributed by atoms with Gasteiger partial charge in [0, 0.05) is 32.7 Å². The fourth-order valence-electron chi connectivity index (χ4n) is 3.11. The maximum Gasteiger partial charge on any atom is 0.194 e. The molecule has 1 aromatic carbocycles. The number of methoxy groups -OCH3 is 2. The number of rotatable bonds is 10. The molecular formula is C20H33N3O4. The van der Waals surface area contributed by atoms with Crippen molar-refractivity contribution in [3.8, 4) is 5.75 Å². The van der Waals surface area contributed by atoms with Gasteiger partial charge in [0.05, 0.1) is 39.6 Å². The van der Waals surface area contributed by atoms with E-state index in [1.54, 1.807) is 14.2 Å². The Bertz CT molecular complexity index is 582. The van der Waals surface area contributed by atoms with Crippen molar-refractivity contribution in [2.45, 2.75) is 19.4 Å². The zero-order valence-corrected chi connectivity index (χ0v) is 16.7. The quantitative estimate of drug-likeness (QED) is 0.366. The lowest BCUT2D eigenvalue weighted by Crippen LogP contribution is -2.40. The molecule has 0 saturated carbocycles. The van der Waals surface area contributed by atoms with Crippen LogP contribution in [0.1, 0.15) is 25.0 Å². The van der Waals surface area contributed by atoms with Crippen LogP contribution in [0.2, 0.25) is 0 Å². The SMILES string of the molecule is CCNC(=NCC(O)c1cccc(OC)c1)N1CCC(COCCOC)C1. The first-order valence-electron chi connectivity index (χ1n) is 9.59. The summed E-state index contributed by atoms with van der Waals surface area (Å²) < 4.78 is 15.9. The van der Waals surface area contributed by atoms with Gasteiger partial charge < -0.3 is 29.5 Å². The van der Waals surface area contributed by atoms with E-state index < -0.39 is 6.10 Å². The van der Waals surface area contributed by atoms with Crippen molar-refractivity contribution in [1.29, 1.82) is 0 Å². The number of nitrogens with one attached hydrogen (secondary N) is 1. The molecule has 2 atom stereocenters. The average Bonchev–Trinajstić information content (AvgIpc) is 3.17. The molecule has 1 heterocycles. The first-order valence-corrected chi connectivity index (χ1v) is 9.59. The minimum Gasteiger partial charge on any atom is -0.497 e. The second-order valence-corrected chi connectivity index (χ2v) is 6.66. The first kappa shape index (κ1) is 21.5. The van der Waals surface area contributed by atoms with Crippen LogP contribution < -0.4 is 10.1 Å². The Balaban J connectivity index is 1.89. The number of guanidine groups is 1. The van der Waals surface area contributed by atoms with Crippen molar-refractivity contribution in [2.75, 3.05) is 60.2 Å². The van der Waals surface area contributed by atoms with E-state index >= 15 is 0 Å². The number of hydrogen-bond donors (Lipinski definition) is 2. The minimum atomic E-state index is -0.662. The highest BCUT2D eigenvalue weighted by molar-refractivity contribution is 5.80. The summed E-state index contributed by atoms with van der Waals surface area (Å²) in [6.45, 7) is 7.01.